The van der Waals surface area contributed by atoms with Crippen molar-refractivity contribution < 1.29 is 4.79 Å². The molecule has 74 valence electrons. The van der Waals surface area contributed by atoms with E-state index in [1.54, 1.807) is 7.05 Å². The van der Waals surface area contributed by atoms with Gasteiger partial charge in [-0.2, -0.15) is 0 Å². The Morgan fingerprint density at radius 2 is 2.08 bits per heavy atom. The van der Waals surface area contributed by atoms with Crippen molar-refractivity contribution in [3.63, 3.8) is 0 Å². The van der Waals surface area contributed by atoms with Gasteiger partial charge in [0.25, 0.3) is 0 Å². The van der Waals surface area contributed by atoms with Gasteiger partial charge >= 0.3 is 0 Å². The van der Waals surface area contributed by atoms with Crippen LogP contribution in [0, 0.1) is 5.92 Å². The number of amides is 1. The molecule has 0 atom stereocenters. The highest BCUT2D eigenvalue weighted by molar-refractivity contribution is 7.80. The third-order valence-electron chi connectivity index (χ3n) is 2.43. The van der Waals surface area contributed by atoms with E-state index < -0.39 is 0 Å². The molecule has 13 heavy (non-hydrogen) atoms. The minimum atomic E-state index is 0.0475. The molecule has 0 radical (unpaired) electrons. The lowest BCUT2D eigenvalue weighted by molar-refractivity contribution is -0.120. The molecule has 0 bridgehead atoms. The van der Waals surface area contributed by atoms with Crippen molar-refractivity contribution in [2.24, 2.45) is 5.92 Å². The van der Waals surface area contributed by atoms with E-state index in [1.165, 1.54) is 25.7 Å². The van der Waals surface area contributed by atoms with Gasteiger partial charge in [-0.05, 0) is 31.0 Å². The van der Waals surface area contributed by atoms with Gasteiger partial charge in [0.05, 0.1) is 0 Å². The Bertz CT molecular complexity index is 200. The van der Waals surface area contributed by atoms with E-state index in [-0.39, 0.29) is 5.91 Å². The molecule has 1 fully saturated rings. The van der Waals surface area contributed by atoms with E-state index in [9.17, 15) is 4.79 Å². The summed E-state index contributed by atoms with van der Waals surface area (Å²) in [5.74, 6) is 0.630. The number of carbonyl (C=O) groups excluding carboxylic acids is 1. The number of carbonyl (C=O) groups is 1. The van der Waals surface area contributed by atoms with Crippen LogP contribution >= 0.6 is 12.2 Å². The zero-order chi connectivity index (χ0) is 9.68. The van der Waals surface area contributed by atoms with Crippen LogP contribution in [0.4, 0.5) is 0 Å². The fraction of sp³-hybridized carbons (Fsp3) is 0.778. The van der Waals surface area contributed by atoms with Crippen molar-refractivity contribution in [1.29, 1.82) is 0 Å². The highest BCUT2D eigenvalue weighted by atomic mass is 32.1. The van der Waals surface area contributed by atoms with Gasteiger partial charge in [-0.15, -0.1) is 0 Å². The molecule has 1 aliphatic carbocycles. The van der Waals surface area contributed by atoms with Gasteiger partial charge in [-0.1, -0.05) is 12.8 Å². The third-order valence-corrected chi connectivity index (χ3v) is 2.74. The van der Waals surface area contributed by atoms with E-state index in [1.807, 2.05) is 0 Å². The van der Waals surface area contributed by atoms with E-state index in [2.05, 4.69) is 10.6 Å². The summed E-state index contributed by atoms with van der Waals surface area (Å²) in [6.45, 7) is 0. The molecule has 1 aliphatic rings. The average molecular weight is 200 g/mol. The first-order valence-electron chi connectivity index (χ1n) is 4.74. The maximum absolute atomic E-state index is 11.3. The Morgan fingerprint density at radius 3 is 2.62 bits per heavy atom. The highest BCUT2D eigenvalue weighted by Crippen LogP contribution is 2.27. The zero-order valence-corrected chi connectivity index (χ0v) is 8.75. The first kappa shape index (κ1) is 10.4. The summed E-state index contributed by atoms with van der Waals surface area (Å²) in [5.41, 5.74) is 0. The number of thiocarbonyl (C=S) groups is 1. The number of hydrogen-bond donors (Lipinski definition) is 2. The molecule has 1 amide bonds. The van der Waals surface area contributed by atoms with Crippen LogP contribution in [0.2, 0.25) is 0 Å². The molecule has 3 nitrogen and oxygen atoms in total. The molecule has 1 saturated carbocycles. The van der Waals surface area contributed by atoms with E-state index >= 15 is 0 Å². The van der Waals surface area contributed by atoms with Crippen LogP contribution in [0.15, 0.2) is 0 Å². The van der Waals surface area contributed by atoms with Crippen LogP contribution in [0.1, 0.15) is 32.1 Å². The molecule has 0 aromatic carbocycles. The SMILES string of the molecule is CNC(=S)NC(=O)CC1CCCC1. The third kappa shape index (κ3) is 3.72. The minimum absolute atomic E-state index is 0.0475. The molecule has 1 rings (SSSR count). The molecule has 4 heteroatoms. The first-order valence-corrected chi connectivity index (χ1v) is 5.14. The lowest BCUT2D eigenvalue weighted by Gasteiger charge is -2.09. The van der Waals surface area contributed by atoms with Gasteiger partial charge in [0.2, 0.25) is 5.91 Å². The fourth-order valence-electron chi connectivity index (χ4n) is 1.72. The van der Waals surface area contributed by atoms with E-state index in [0.717, 1.165) is 0 Å². The largest absolute Gasteiger partial charge is 0.365 e. The second kappa shape index (κ2) is 5.17. The Balaban J connectivity index is 2.20. The number of rotatable bonds is 2. The van der Waals surface area contributed by atoms with Crippen molar-refractivity contribution in [3.8, 4) is 0 Å². The van der Waals surface area contributed by atoms with Crippen molar-refractivity contribution in [2.45, 2.75) is 32.1 Å². The molecular weight excluding hydrogens is 184 g/mol. The summed E-state index contributed by atoms with van der Waals surface area (Å²) in [7, 11) is 1.71. The summed E-state index contributed by atoms with van der Waals surface area (Å²) in [5, 5.41) is 5.78. The maximum Gasteiger partial charge on any atom is 0.226 e. The average Bonchev–Trinajstić information content (AvgIpc) is 2.56. The van der Waals surface area contributed by atoms with Gasteiger partial charge in [0.15, 0.2) is 5.11 Å². The summed E-state index contributed by atoms with van der Waals surface area (Å²) in [6, 6.07) is 0. The van der Waals surface area contributed by atoms with Crippen LogP contribution in [-0.2, 0) is 4.79 Å². The van der Waals surface area contributed by atoms with E-state index in [0.29, 0.717) is 17.5 Å². The van der Waals surface area contributed by atoms with Crippen molar-refractivity contribution >= 4 is 23.2 Å². The second-order valence-electron chi connectivity index (χ2n) is 3.48. The maximum atomic E-state index is 11.3. The molecule has 2 N–H and O–H groups in total. The molecule has 0 heterocycles. The molecule has 0 aromatic rings. The highest BCUT2D eigenvalue weighted by Gasteiger charge is 2.18. The Kier molecular flexibility index (Phi) is 4.15. The molecule has 0 aromatic heterocycles. The van der Waals surface area contributed by atoms with E-state index in [4.69, 9.17) is 12.2 Å². The van der Waals surface area contributed by atoms with Gasteiger partial charge in [-0.3, -0.25) is 4.79 Å². The normalized spacial score (nSPS) is 17.0. The molecule has 0 spiro atoms. The van der Waals surface area contributed by atoms with Crippen molar-refractivity contribution in [2.75, 3.05) is 7.05 Å². The van der Waals surface area contributed by atoms with Crippen molar-refractivity contribution in [1.82, 2.24) is 10.6 Å². The van der Waals surface area contributed by atoms with Crippen molar-refractivity contribution in [3.05, 3.63) is 0 Å². The smallest absolute Gasteiger partial charge is 0.226 e. The summed E-state index contributed by atoms with van der Waals surface area (Å²) in [6.07, 6.45) is 5.56. The summed E-state index contributed by atoms with van der Waals surface area (Å²) < 4.78 is 0. The molecule has 0 aliphatic heterocycles. The Morgan fingerprint density at radius 1 is 1.46 bits per heavy atom. The molecule has 0 saturated heterocycles. The molecular formula is C9H16N2OS. The van der Waals surface area contributed by atoms with Gasteiger partial charge in [0.1, 0.15) is 0 Å². The summed E-state index contributed by atoms with van der Waals surface area (Å²) >= 11 is 4.83. The van der Waals surface area contributed by atoms with Crippen LogP contribution in [0.3, 0.4) is 0 Å². The van der Waals surface area contributed by atoms with Gasteiger partial charge in [0, 0.05) is 13.5 Å². The van der Waals surface area contributed by atoms with Crippen LogP contribution in [0.25, 0.3) is 0 Å². The van der Waals surface area contributed by atoms with Gasteiger partial charge < -0.3 is 10.6 Å². The number of nitrogens with one attached hydrogen (secondary N) is 2. The van der Waals surface area contributed by atoms with Crippen LogP contribution in [-0.4, -0.2) is 18.1 Å². The minimum Gasteiger partial charge on any atom is -0.365 e. The van der Waals surface area contributed by atoms with Crippen LogP contribution in [0.5, 0.6) is 0 Å². The topological polar surface area (TPSA) is 41.1 Å². The lowest BCUT2D eigenvalue weighted by Crippen LogP contribution is -2.37. The quantitative estimate of drug-likeness (QED) is 0.658. The zero-order valence-electron chi connectivity index (χ0n) is 7.93. The fourth-order valence-corrected chi connectivity index (χ4v) is 1.83. The predicted molar refractivity (Wildman–Crippen MR) is 56.4 cm³/mol. The molecule has 0 unspecified atom stereocenters. The predicted octanol–water partition coefficient (Wildman–Crippen LogP) is 1.19. The monoisotopic (exact) mass is 200 g/mol. The standard InChI is InChI=1S/C9H16N2OS/c1-10-9(13)11-8(12)6-7-4-2-3-5-7/h7H,2-6H2,1H3,(H2,10,11,12,13). The first-order chi connectivity index (χ1) is 6.22. The Hall–Kier alpha value is -0.640. The number of hydrogen-bond acceptors (Lipinski definition) is 2. The Labute approximate surface area is 84.3 Å². The van der Waals surface area contributed by atoms with Crippen LogP contribution < -0.4 is 10.6 Å². The lowest BCUT2D eigenvalue weighted by atomic mass is 10.0. The second-order valence-corrected chi connectivity index (χ2v) is 3.89. The van der Waals surface area contributed by atoms with Gasteiger partial charge in [-0.25, -0.2) is 0 Å². The summed E-state index contributed by atoms with van der Waals surface area (Å²) in [4.78, 5) is 11.3.